The van der Waals surface area contributed by atoms with Gasteiger partial charge in [0.1, 0.15) is 5.78 Å². The third-order valence-corrected chi connectivity index (χ3v) is 4.34. The van der Waals surface area contributed by atoms with Gasteiger partial charge in [-0.3, -0.25) is 4.79 Å². The topological polar surface area (TPSA) is 17.1 Å². The maximum absolute atomic E-state index is 11.7. The van der Waals surface area contributed by atoms with Crippen molar-refractivity contribution in [3.05, 3.63) is 0 Å². The summed E-state index contributed by atoms with van der Waals surface area (Å²) in [5, 5.41) is 0. The second-order valence-electron chi connectivity index (χ2n) is 4.88. The first-order valence-corrected chi connectivity index (χ1v) is 5.35. The molecule has 4 aliphatic rings. The highest BCUT2D eigenvalue weighted by molar-refractivity contribution is 5.83. The lowest BCUT2D eigenvalue weighted by atomic mass is 9.91. The molecule has 4 bridgehead atoms. The molecule has 0 spiro atoms. The van der Waals surface area contributed by atoms with E-state index in [0.29, 0.717) is 11.7 Å². The predicted molar refractivity (Wildman–Crippen MR) is 46.6 cm³/mol. The Hall–Kier alpha value is -0.330. The molecule has 1 heteroatoms. The van der Waals surface area contributed by atoms with E-state index in [1.54, 1.807) is 0 Å². The average molecular weight is 164 g/mol. The molecule has 0 amide bonds. The van der Waals surface area contributed by atoms with E-state index in [1.165, 1.54) is 12.8 Å². The van der Waals surface area contributed by atoms with Gasteiger partial charge in [-0.05, 0) is 42.9 Å². The Kier molecular flexibility index (Phi) is 1.26. The Bertz CT molecular complexity index is 219. The second kappa shape index (κ2) is 2.12. The van der Waals surface area contributed by atoms with Gasteiger partial charge in [0.25, 0.3) is 0 Å². The van der Waals surface area contributed by atoms with E-state index in [4.69, 9.17) is 0 Å². The molecule has 0 saturated heterocycles. The van der Waals surface area contributed by atoms with Gasteiger partial charge in [0.15, 0.2) is 0 Å². The Morgan fingerprint density at radius 1 is 1.33 bits per heavy atom. The number of Topliss-reactive ketones (excluding diaryl/α,β-unsaturated/α-hetero) is 1. The van der Waals surface area contributed by atoms with Crippen molar-refractivity contribution in [2.75, 3.05) is 0 Å². The third-order valence-electron chi connectivity index (χ3n) is 4.34. The van der Waals surface area contributed by atoms with Crippen LogP contribution in [-0.4, -0.2) is 5.78 Å². The second-order valence-corrected chi connectivity index (χ2v) is 4.88. The third kappa shape index (κ3) is 0.681. The van der Waals surface area contributed by atoms with Crippen molar-refractivity contribution in [1.29, 1.82) is 0 Å². The lowest BCUT2D eigenvalue weighted by molar-refractivity contribution is -0.124. The van der Waals surface area contributed by atoms with Crippen LogP contribution in [0.25, 0.3) is 0 Å². The van der Waals surface area contributed by atoms with Crippen molar-refractivity contribution >= 4 is 5.78 Å². The molecule has 0 heterocycles. The van der Waals surface area contributed by atoms with Gasteiger partial charge < -0.3 is 0 Å². The molecule has 4 saturated carbocycles. The maximum atomic E-state index is 11.7. The summed E-state index contributed by atoms with van der Waals surface area (Å²) < 4.78 is 0. The quantitative estimate of drug-likeness (QED) is 0.625. The predicted octanol–water partition coefficient (Wildman–Crippen LogP) is 2.26. The summed E-state index contributed by atoms with van der Waals surface area (Å²) in [5.74, 6) is 4.81. The molecule has 4 aliphatic carbocycles. The Morgan fingerprint density at radius 2 is 2.00 bits per heavy atom. The van der Waals surface area contributed by atoms with E-state index in [2.05, 4.69) is 6.92 Å². The van der Waals surface area contributed by atoms with Gasteiger partial charge in [0.05, 0.1) is 0 Å². The van der Waals surface area contributed by atoms with Crippen LogP contribution in [0.1, 0.15) is 32.6 Å². The molecular weight excluding hydrogens is 148 g/mol. The van der Waals surface area contributed by atoms with Crippen molar-refractivity contribution in [2.24, 2.45) is 29.6 Å². The minimum Gasteiger partial charge on any atom is -0.299 e. The molecule has 0 aromatic rings. The Labute approximate surface area is 73.5 Å². The van der Waals surface area contributed by atoms with Crippen LogP contribution < -0.4 is 0 Å². The molecule has 3 unspecified atom stereocenters. The summed E-state index contributed by atoms with van der Waals surface area (Å²) in [5.41, 5.74) is 0. The number of rotatable bonds is 3. The van der Waals surface area contributed by atoms with Crippen LogP contribution >= 0.6 is 0 Å². The smallest absolute Gasteiger partial charge is 0.136 e. The number of ketones is 1. The summed E-state index contributed by atoms with van der Waals surface area (Å²) in [4.78, 5) is 11.7. The molecule has 3 atom stereocenters. The molecular formula is C11H16O. The molecule has 0 aromatic heterocycles. The number of carbonyl (C=O) groups excluding carboxylic acids is 1. The monoisotopic (exact) mass is 164 g/mol. The normalized spacial score (nSPS) is 52.9. The van der Waals surface area contributed by atoms with Crippen molar-refractivity contribution in [2.45, 2.75) is 32.6 Å². The molecule has 0 radical (unpaired) electrons. The van der Waals surface area contributed by atoms with Crippen molar-refractivity contribution in [1.82, 2.24) is 0 Å². The van der Waals surface area contributed by atoms with E-state index in [9.17, 15) is 4.79 Å². The lowest BCUT2D eigenvalue weighted by Gasteiger charge is -2.12. The number of hydrogen-bond donors (Lipinski definition) is 0. The highest BCUT2D eigenvalue weighted by Gasteiger charge is 2.69. The fourth-order valence-corrected chi connectivity index (χ4v) is 3.96. The zero-order chi connectivity index (χ0) is 8.29. The standard InChI is InChI=1S/C11H16O/c1-2-3-9(12)10-6-4-7-8(5-6)11(7)10/h6-8,10-11H,2-5H2,1H3. The molecule has 0 N–H and O–H groups in total. The van der Waals surface area contributed by atoms with Crippen LogP contribution in [0.4, 0.5) is 0 Å². The van der Waals surface area contributed by atoms with Crippen LogP contribution in [-0.2, 0) is 4.79 Å². The van der Waals surface area contributed by atoms with Crippen molar-refractivity contribution < 1.29 is 4.79 Å². The SMILES string of the molecule is CCCC(=O)C1C2CC3C(C2)C31. The minimum atomic E-state index is 0.528. The van der Waals surface area contributed by atoms with Crippen LogP contribution in [0.3, 0.4) is 0 Å². The van der Waals surface area contributed by atoms with Crippen LogP contribution in [0.15, 0.2) is 0 Å². The summed E-state index contributed by atoms with van der Waals surface area (Å²) in [7, 11) is 0. The number of carbonyl (C=O) groups is 1. The van der Waals surface area contributed by atoms with Gasteiger partial charge in [-0.2, -0.15) is 0 Å². The first kappa shape index (κ1) is 7.11. The van der Waals surface area contributed by atoms with Gasteiger partial charge in [-0.25, -0.2) is 0 Å². The zero-order valence-corrected chi connectivity index (χ0v) is 7.62. The molecule has 66 valence electrons. The van der Waals surface area contributed by atoms with Gasteiger partial charge in [0, 0.05) is 12.3 Å². The van der Waals surface area contributed by atoms with Crippen LogP contribution in [0.2, 0.25) is 0 Å². The summed E-state index contributed by atoms with van der Waals surface area (Å²) >= 11 is 0. The molecule has 4 rings (SSSR count). The van der Waals surface area contributed by atoms with Crippen LogP contribution in [0.5, 0.6) is 0 Å². The van der Waals surface area contributed by atoms with Crippen molar-refractivity contribution in [3.63, 3.8) is 0 Å². The molecule has 0 aliphatic heterocycles. The van der Waals surface area contributed by atoms with E-state index < -0.39 is 0 Å². The summed E-state index contributed by atoms with van der Waals surface area (Å²) in [6.45, 7) is 2.11. The average Bonchev–Trinajstić information content (AvgIpc) is 2.53. The van der Waals surface area contributed by atoms with E-state index in [-0.39, 0.29) is 0 Å². The molecule has 4 fully saturated rings. The Morgan fingerprint density at radius 3 is 2.42 bits per heavy atom. The highest BCUT2D eigenvalue weighted by atomic mass is 16.1. The van der Waals surface area contributed by atoms with Crippen LogP contribution in [0, 0.1) is 29.6 Å². The van der Waals surface area contributed by atoms with E-state index in [1.807, 2.05) is 0 Å². The zero-order valence-electron chi connectivity index (χ0n) is 7.62. The number of hydrogen-bond acceptors (Lipinski definition) is 1. The fourth-order valence-electron chi connectivity index (χ4n) is 3.96. The summed E-state index contributed by atoms with van der Waals surface area (Å²) in [6, 6.07) is 0. The van der Waals surface area contributed by atoms with Gasteiger partial charge >= 0.3 is 0 Å². The van der Waals surface area contributed by atoms with Gasteiger partial charge in [0.2, 0.25) is 0 Å². The summed E-state index contributed by atoms with van der Waals surface area (Å²) in [6.07, 6.45) is 4.69. The Balaban J connectivity index is 1.75. The lowest BCUT2D eigenvalue weighted by Crippen LogP contribution is -2.17. The first-order chi connectivity index (χ1) is 5.83. The largest absolute Gasteiger partial charge is 0.299 e. The molecule has 0 aromatic carbocycles. The molecule has 12 heavy (non-hydrogen) atoms. The maximum Gasteiger partial charge on any atom is 0.136 e. The van der Waals surface area contributed by atoms with E-state index in [0.717, 1.165) is 36.5 Å². The highest BCUT2D eigenvalue weighted by Crippen LogP contribution is 2.73. The minimum absolute atomic E-state index is 0.528. The first-order valence-electron chi connectivity index (χ1n) is 5.35. The molecule has 1 nitrogen and oxygen atoms in total. The van der Waals surface area contributed by atoms with Gasteiger partial charge in [-0.1, -0.05) is 6.92 Å². The fraction of sp³-hybridized carbons (Fsp3) is 0.909. The van der Waals surface area contributed by atoms with E-state index >= 15 is 0 Å². The van der Waals surface area contributed by atoms with Crippen molar-refractivity contribution in [3.8, 4) is 0 Å². The van der Waals surface area contributed by atoms with Gasteiger partial charge in [-0.15, -0.1) is 0 Å².